The predicted octanol–water partition coefficient (Wildman–Crippen LogP) is 4.58. The lowest BCUT2D eigenvalue weighted by Gasteiger charge is -2.32. The molecular formula is C26H38N2O5. The molecule has 0 bridgehead atoms. The normalized spacial score (nSPS) is 20.2. The van der Waals surface area contributed by atoms with Gasteiger partial charge < -0.3 is 19.7 Å². The van der Waals surface area contributed by atoms with Crippen molar-refractivity contribution in [2.45, 2.75) is 96.4 Å². The molecule has 1 aromatic carbocycles. The van der Waals surface area contributed by atoms with Crippen molar-refractivity contribution in [3.05, 3.63) is 35.9 Å². The average molecular weight is 459 g/mol. The van der Waals surface area contributed by atoms with Crippen LogP contribution >= 0.6 is 0 Å². The Balaban J connectivity index is 1.67. The van der Waals surface area contributed by atoms with Crippen molar-refractivity contribution in [3.63, 3.8) is 0 Å². The zero-order valence-corrected chi connectivity index (χ0v) is 20.2. The molecule has 2 fully saturated rings. The van der Waals surface area contributed by atoms with Crippen molar-refractivity contribution < 1.29 is 23.9 Å². The lowest BCUT2D eigenvalue weighted by atomic mass is 9.84. The van der Waals surface area contributed by atoms with Crippen LogP contribution < -0.4 is 5.32 Å². The topological polar surface area (TPSA) is 84.9 Å². The zero-order valence-electron chi connectivity index (χ0n) is 20.2. The molecule has 1 aliphatic carbocycles. The average Bonchev–Trinajstić information content (AvgIpc) is 3.27. The van der Waals surface area contributed by atoms with Crippen LogP contribution in [0.25, 0.3) is 0 Å². The summed E-state index contributed by atoms with van der Waals surface area (Å²) < 4.78 is 10.9. The van der Waals surface area contributed by atoms with E-state index in [0.717, 1.165) is 37.7 Å². The molecular weight excluding hydrogens is 420 g/mol. The summed E-state index contributed by atoms with van der Waals surface area (Å²) in [6.07, 6.45) is 6.90. The Kier molecular flexibility index (Phi) is 8.75. The number of rotatable bonds is 7. The van der Waals surface area contributed by atoms with Crippen molar-refractivity contribution in [3.8, 4) is 0 Å². The van der Waals surface area contributed by atoms with Crippen LogP contribution in [0.3, 0.4) is 0 Å². The van der Waals surface area contributed by atoms with E-state index in [0.29, 0.717) is 25.3 Å². The smallest absolute Gasteiger partial charge is 0.408 e. The summed E-state index contributed by atoms with van der Waals surface area (Å²) in [5, 5.41) is 2.81. The first-order valence-corrected chi connectivity index (χ1v) is 12.2. The highest BCUT2D eigenvalue weighted by atomic mass is 16.6. The lowest BCUT2D eigenvalue weighted by molar-refractivity contribution is -0.163. The molecule has 2 atom stereocenters. The molecule has 1 aliphatic heterocycles. The fourth-order valence-corrected chi connectivity index (χ4v) is 4.73. The number of ether oxygens (including phenoxy) is 2. The highest BCUT2D eigenvalue weighted by molar-refractivity contribution is 5.90. The number of hydrogen-bond acceptors (Lipinski definition) is 5. The van der Waals surface area contributed by atoms with Crippen LogP contribution in [0.15, 0.2) is 30.3 Å². The van der Waals surface area contributed by atoms with Gasteiger partial charge in [-0.2, -0.15) is 0 Å². The quantitative estimate of drug-likeness (QED) is 0.605. The SMILES string of the molecule is CC(C)(C)OC(=O)[C@@H]1CCCN1C(=O)[C@@H](CC1CCCCC1)NC(=O)OCc1ccccc1. The monoisotopic (exact) mass is 458 g/mol. The summed E-state index contributed by atoms with van der Waals surface area (Å²) in [6, 6.07) is 8.12. The Morgan fingerprint density at radius 3 is 2.39 bits per heavy atom. The van der Waals surface area contributed by atoms with Gasteiger partial charge in [0.05, 0.1) is 0 Å². The Morgan fingerprint density at radius 1 is 1.03 bits per heavy atom. The Morgan fingerprint density at radius 2 is 1.73 bits per heavy atom. The van der Waals surface area contributed by atoms with E-state index in [-0.39, 0.29) is 18.5 Å². The lowest BCUT2D eigenvalue weighted by Crippen LogP contribution is -2.53. The van der Waals surface area contributed by atoms with E-state index in [2.05, 4.69) is 5.32 Å². The first-order valence-electron chi connectivity index (χ1n) is 12.2. The first kappa shape index (κ1) is 25.1. The van der Waals surface area contributed by atoms with Gasteiger partial charge in [-0.05, 0) is 51.5 Å². The van der Waals surface area contributed by atoms with Crippen molar-refractivity contribution in [2.24, 2.45) is 5.92 Å². The summed E-state index contributed by atoms with van der Waals surface area (Å²) >= 11 is 0. The van der Waals surface area contributed by atoms with Crippen molar-refractivity contribution in [1.29, 1.82) is 0 Å². The maximum Gasteiger partial charge on any atom is 0.408 e. The van der Waals surface area contributed by atoms with E-state index in [9.17, 15) is 14.4 Å². The number of nitrogens with zero attached hydrogens (tertiary/aromatic N) is 1. The molecule has 1 saturated carbocycles. The number of amides is 2. The van der Waals surface area contributed by atoms with Crippen LogP contribution in [0.1, 0.15) is 77.7 Å². The molecule has 7 nitrogen and oxygen atoms in total. The standard InChI is InChI=1S/C26H38N2O5/c1-26(2,3)33-24(30)22-15-10-16-28(22)23(29)21(17-19-11-6-4-7-12-19)27-25(31)32-18-20-13-8-5-9-14-20/h5,8-9,13-14,19,21-22H,4,6-7,10-12,15-18H2,1-3H3,(H,27,31)/t21-,22+/m1/s1. The third-order valence-electron chi connectivity index (χ3n) is 6.31. The largest absolute Gasteiger partial charge is 0.458 e. The van der Waals surface area contributed by atoms with Crippen molar-refractivity contribution >= 4 is 18.0 Å². The van der Waals surface area contributed by atoms with Crippen LogP contribution in [-0.4, -0.2) is 47.1 Å². The third-order valence-corrected chi connectivity index (χ3v) is 6.31. The van der Waals surface area contributed by atoms with Crippen molar-refractivity contribution in [2.75, 3.05) is 6.54 Å². The summed E-state index contributed by atoms with van der Waals surface area (Å²) in [7, 11) is 0. The van der Waals surface area contributed by atoms with Gasteiger partial charge >= 0.3 is 12.1 Å². The second-order valence-electron chi connectivity index (χ2n) is 10.2. The van der Waals surface area contributed by atoms with Crippen LogP contribution in [0, 0.1) is 5.92 Å². The zero-order chi connectivity index (χ0) is 23.8. The molecule has 182 valence electrons. The van der Waals surface area contributed by atoms with Gasteiger partial charge in [0.25, 0.3) is 0 Å². The maximum absolute atomic E-state index is 13.6. The Labute approximate surface area is 197 Å². The molecule has 3 rings (SSSR count). The second kappa shape index (κ2) is 11.5. The fraction of sp³-hybridized carbons (Fsp3) is 0.654. The van der Waals surface area contributed by atoms with E-state index < -0.39 is 23.8 Å². The van der Waals surface area contributed by atoms with Gasteiger partial charge in [-0.3, -0.25) is 4.79 Å². The van der Waals surface area contributed by atoms with Crippen LogP contribution in [0.4, 0.5) is 4.79 Å². The molecule has 2 amide bonds. The number of likely N-dealkylation sites (tertiary alicyclic amines) is 1. The molecule has 0 unspecified atom stereocenters. The van der Waals surface area contributed by atoms with Gasteiger partial charge in [-0.15, -0.1) is 0 Å². The van der Waals surface area contributed by atoms with E-state index in [4.69, 9.17) is 9.47 Å². The molecule has 0 aromatic heterocycles. The Hall–Kier alpha value is -2.57. The number of benzene rings is 1. The molecule has 0 spiro atoms. The highest BCUT2D eigenvalue weighted by Gasteiger charge is 2.40. The minimum absolute atomic E-state index is 0.140. The number of carbonyl (C=O) groups excluding carboxylic acids is 3. The summed E-state index contributed by atoms with van der Waals surface area (Å²) in [5.74, 6) is -0.216. The van der Waals surface area contributed by atoms with E-state index >= 15 is 0 Å². The van der Waals surface area contributed by atoms with Crippen LogP contribution in [0.5, 0.6) is 0 Å². The number of carbonyl (C=O) groups is 3. The molecule has 1 N–H and O–H groups in total. The second-order valence-corrected chi connectivity index (χ2v) is 10.2. The first-order chi connectivity index (χ1) is 15.7. The number of nitrogens with one attached hydrogen (secondary N) is 1. The molecule has 1 aromatic rings. The van der Waals surface area contributed by atoms with Gasteiger partial charge in [0, 0.05) is 6.54 Å². The Bertz CT molecular complexity index is 799. The van der Waals surface area contributed by atoms with Gasteiger partial charge in [-0.25, -0.2) is 9.59 Å². The summed E-state index contributed by atoms with van der Waals surface area (Å²) in [6.45, 7) is 6.10. The molecule has 7 heteroatoms. The van der Waals surface area contributed by atoms with Gasteiger partial charge in [0.15, 0.2) is 0 Å². The maximum atomic E-state index is 13.6. The minimum atomic E-state index is -0.709. The molecule has 0 radical (unpaired) electrons. The van der Waals surface area contributed by atoms with E-state index in [1.807, 2.05) is 51.1 Å². The van der Waals surface area contributed by atoms with Crippen LogP contribution in [0.2, 0.25) is 0 Å². The van der Waals surface area contributed by atoms with E-state index in [1.165, 1.54) is 6.42 Å². The fourth-order valence-electron chi connectivity index (χ4n) is 4.73. The summed E-state index contributed by atoms with van der Waals surface area (Å²) in [4.78, 5) is 40.5. The molecule has 1 saturated heterocycles. The number of hydrogen-bond donors (Lipinski definition) is 1. The molecule has 33 heavy (non-hydrogen) atoms. The van der Waals surface area contributed by atoms with Gasteiger partial charge in [-0.1, -0.05) is 62.4 Å². The number of alkyl carbamates (subject to hydrolysis) is 1. The molecule has 2 aliphatic rings. The van der Waals surface area contributed by atoms with E-state index in [1.54, 1.807) is 4.90 Å². The molecule has 1 heterocycles. The minimum Gasteiger partial charge on any atom is -0.458 e. The number of esters is 1. The third kappa shape index (κ3) is 7.76. The van der Waals surface area contributed by atoms with Gasteiger partial charge in [0.1, 0.15) is 24.3 Å². The highest BCUT2D eigenvalue weighted by Crippen LogP contribution is 2.29. The van der Waals surface area contributed by atoms with Crippen LogP contribution in [-0.2, 0) is 25.7 Å². The van der Waals surface area contributed by atoms with Crippen molar-refractivity contribution in [1.82, 2.24) is 10.2 Å². The van der Waals surface area contributed by atoms with Gasteiger partial charge in [0.2, 0.25) is 5.91 Å². The predicted molar refractivity (Wildman–Crippen MR) is 125 cm³/mol. The summed E-state index contributed by atoms with van der Waals surface area (Å²) in [5.41, 5.74) is 0.266.